The number of urea groups is 1. The SMILES string of the molecule is CC1=CCN(C(=O)Nc2nccs2)CC1. The van der Waals surface area contributed by atoms with Crippen molar-refractivity contribution in [2.45, 2.75) is 13.3 Å². The summed E-state index contributed by atoms with van der Waals surface area (Å²) in [7, 11) is 0. The third-order valence-electron chi connectivity index (χ3n) is 2.37. The van der Waals surface area contributed by atoms with Gasteiger partial charge in [-0.2, -0.15) is 0 Å². The third kappa shape index (κ3) is 2.56. The van der Waals surface area contributed by atoms with E-state index in [-0.39, 0.29) is 6.03 Å². The highest BCUT2D eigenvalue weighted by molar-refractivity contribution is 7.13. The summed E-state index contributed by atoms with van der Waals surface area (Å²) < 4.78 is 0. The summed E-state index contributed by atoms with van der Waals surface area (Å²) in [4.78, 5) is 17.5. The van der Waals surface area contributed by atoms with Crippen LogP contribution in [0.2, 0.25) is 0 Å². The number of thiazole rings is 1. The molecule has 0 unspecified atom stereocenters. The second-order valence-electron chi connectivity index (χ2n) is 3.51. The molecule has 2 amide bonds. The van der Waals surface area contributed by atoms with Gasteiger partial charge in [-0.1, -0.05) is 11.6 Å². The van der Waals surface area contributed by atoms with Gasteiger partial charge < -0.3 is 4.90 Å². The van der Waals surface area contributed by atoms with Crippen molar-refractivity contribution in [1.29, 1.82) is 0 Å². The molecule has 1 aliphatic heterocycles. The van der Waals surface area contributed by atoms with Crippen molar-refractivity contribution in [2.24, 2.45) is 0 Å². The number of amides is 2. The number of hydrogen-bond acceptors (Lipinski definition) is 3. The first-order chi connectivity index (χ1) is 7.25. The molecule has 1 aliphatic rings. The fraction of sp³-hybridized carbons (Fsp3) is 0.400. The molecule has 4 nitrogen and oxygen atoms in total. The van der Waals surface area contributed by atoms with Crippen LogP contribution < -0.4 is 5.32 Å². The summed E-state index contributed by atoms with van der Waals surface area (Å²) in [6.45, 7) is 3.58. The molecule has 0 aliphatic carbocycles. The van der Waals surface area contributed by atoms with Crippen LogP contribution in [0.25, 0.3) is 0 Å². The lowest BCUT2D eigenvalue weighted by molar-refractivity contribution is 0.215. The van der Waals surface area contributed by atoms with E-state index in [0.717, 1.165) is 13.0 Å². The Morgan fingerprint density at radius 3 is 3.13 bits per heavy atom. The maximum absolute atomic E-state index is 11.7. The zero-order valence-electron chi connectivity index (χ0n) is 8.56. The van der Waals surface area contributed by atoms with Gasteiger partial charge >= 0.3 is 6.03 Å². The van der Waals surface area contributed by atoms with Crippen molar-refractivity contribution in [3.8, 4) is 0 Å². The van der Waals surface area contributed by atoms with E-state index in [9.17, 15) is 4.79 Å². The topological polar surface area (TPSA) is 45.2 Å². The van der Waals surface area contributed by atoms with E-state index < -0.39 is 0 Å². The summed E-state index contributed by atoms with van der Waals surface area (Å²) in [5.41, 5.74) is 1.35. The van der Waals surface area contributed by atoms with E-state index in [0.29, 0.717) is 11.7 Å². The first-order valence-corrected chi connectivity index (χ1v) is 5.75. The Labute approximate surface area is 92.6 Å². The molecule has 0 atom stereocenters. The third-order valence-corrected chi connectivity index (χ3v) is 3.06. The summed E-state index contributed by atoms with van der Waals surface area (Å²) >= 11 is 1.43. The van der Waals surface area contributed by atoms with E-state index in [1.165, 1.54) is 16.9 Å². The van der Waals surface area contributed by atoms with Gasteiger partial charge in [0.05, 0.1) is 0 Å². The molecule has 5 heteroatoms. The van der Waals surface area contributed by atoms with Crippen LogP contribution in [0.1, 0.15) is 13.3 Å². The number of aromatic nitrogens is 1. The molecule has 1 aromatic rings. The second kappa shape index (κ2) is 4.44. The molecular formula is C10H13N3OS. The zero-order chi connectivity index (χ0) is 10.7. The van der Waals surface area contributed by atoms with Crippen LogP contribution in [0.15, 0.2) is 23.2 Å². The lowest BCUT2D eigenvalue weighted by Crippen LogP contribution is -2.37. The number of nitrogens with one attached hydrogen (secondary N) is 1. The van der Waals surface area contributed by atoms with Crippen molar-refractivity contribution in [1.82, 2.24) is 9.88 Å². The smallest absolute Gasteiger partial charge is 0.320 e. The van der Waals surface area contributed by atoms with Gasteiger partial charge in [-0.15, -0.1) is 11.3 Å². The molecule has 0 aromatic carbocycles. The quantitative estimate of drug-likeness (QED) is 0.743. The number of nitrogens with zero attached hydrogens (tertiary/aromatic N) is 2. The van der Waals surface area contributed by atoms with E-state index in [1.807, 2.05) is 5.38 Å². The van der Waals surface area contributed by atoms with Crippen LogP contribution in [0.4, 0.5) is 9.93 Å². The summed E-state index contributed by atoms with van der Waals surface area (Å²) in [6, 6.07) is -0.0614. The lowest BCUT2D eigenvalue weighted by atomic mass is 10.1. The van der Waals surface area contributed by atoms with Crippen molar-refractivity contribution >= 4 is 22.5 Å². The highest BCUT2D eigenvalue weighted by Gasteiger charge is 2.16. The average molecular weight is 223 g/mol. The Kier molecular flexibility index (Phi) is 3.01. The molecular weight excluding hydrogens is 210 g/mol. The highest BCUT2D eigenvalue weighted by atomic mass is 32.1. The first kappa shape index (κ1) is 10.2. The lowest BCUT2D eigenvalue weighted by Gasteiger charge is -2.25. The van der Waals surface area contributed by atoms with Gasteiger partial charge in [-0.05, 0) is 13.3 Å². The number of hydrogen-bond donors (Lipinski definition) is 1. The van der Waals surface area contributed by atoms with Crippen LogP contribution >= 0.6 is 11.3 Å². The molecule has 1 aromatic heterocycles. The van der Waals surface area contributed by atoms with Gasteiger partial charge in [-0.3, -0.25) is 5.32 Å². The largest absolute Gasteiger partial charge is 0.323 e. The number of carbonyl (C=O) groups excluding carboxylic acids is 1. The minimum atomic E-state index is -0.0614. The first-order valence-electron chi connectivity index (χ1n) is 4.87. The minimum absolute atomic E-state index is 0.0614. The Morgan fingerprint density at radius 2 is 2.53 bits per heavy atom. The Bertz CT molecular complexity index is 372. The van der Waals surface area contributed by atoms with Gasteiger partial charge in [0.15, 0.2) is 5.13 Å². The van der Waals surface area contributed by atoms with Crippen LogP contribution in [-0.2, 0) is 0 Å². The molecule has 2 rings (SSSR count). The maximum atomic E-state index is 11.7. The Hall–Kier alpha value is -1.36. The van der Waals surface area contributed by atoms with Gasteiger partial charge in [0.1, 0.15) is 0 Å². The fourth-order valence-corrected chi connectivity index (χ4v) is 1.93. The minimum Gasteiger partial charge on any atom is -0.320 e. The highest BCUT2D eigenvalue weighted by Crippen LogP contribution is 2.14. The van der Waals surface area contributed by atoms with Crippen molar-refractivity contribution in [2.75, 3.05) is 18.4 Å². The van der Waals surface area contributed by atoms with Crippen molar-refractivity contribution in [3.63, 3.8) is 0 Å². The Morgan fingerprint density at radius 1 is 1.67 bits per heavy atom. The van der Waals surface area contributed by atoms with E-state index in [1.54, 1.807) is 11.1 Å². The van der Waals surface area contributed by atoms with E-state index in [2.05, 4.69) is 23.3 Å². The van der Waals surface area contributed by atoms with Crippen LogP contribution in [0.5, 0.6) is 0 Å². The number of rotatable bonds is 1. The van der Waals surface area contributed by atoms with Crippen LogP contribution in [0.3, 0.4) is 0 Å². The Balaban J connectivity index is 1.92. The van der Waals surface area contributed by atoms with Gasteiger partial charge in [0.25, 0.3) is 0 Å². The standard InChI is InChI=1S/C10H13N3OS/c1-8-2-5-13(6-3-8)10(14)12-9-11-4-7-15-9/h2,4,7H,3,5-6H2,1H3,(H,11,12,14). The number of carbonyl (C=O) groups is 1. The van der Waals surface area contributed by atoms with Crippen LogP contribution in [0, 0.1) is 0 Å². The van der Waals surface area contributed by atoms with Crippen molar-refractivity contribution < 1.29 is 4.79 Å². The number of anilines is 1. The predicted molar refractivity (Wildman–Crippen MR) is 61.1 cm³/mol. The summed E-state index contributed by atoms with van der Waals surface area (Å²) in [6.07, 6.45) is 4.73. The monoisotopic (exact) mass is 223 g/mol. The molecule has 1 N–H and O–H groups in total. The molecule has 0 fully saturated rings. The normalized spacial score (nSPS) is 16.1. The molecule has 0 spiro atoms. The molecule has 0 radical (unpaired) electrons. The van der Waals surface area contributed by atoms with Gasteiger partial charge in [-0.25, -0.2) is 9.78 Å². The molecule has 0 saturated carbocycles. The molecule has 2 heterocycles. The van der Waals surface area contributed by atoms with E-state index in [4.69, 9.17) is 0 Å². The molecule has 15 heavy (non-hydrogen) atoms. The molecule has 0 bridgehead atoms. The van der Waals surface area contributed by atoms with E-state index >= 15 is 0 Å². The summed E-state index contributed by atoms with van der Waals surface area (Å²) in [5, 5.41) is 5.27. The van der Waals surface area contributed by atoms with Crippen molar-refractivity contribution in [3.05, 3.63) is 23.2 Å². The second-order valence-corrected chi connectivity index (χ2v) is 4.41. The predicted octanol–water partition coefficient (Wildman–Crippen LogP) is 2.33. The molecule has 0 saturated heterocycles. The van der Waals surface area contributed by atoms with Crippen LogP contribution in [-0.4, -0.2) is 29.0 Å². The zero-order valence-corrected chi connectivity index (χ0v) is 9.38. The maximum Gasteiger partial charge on any atom is 0.323 e. The fourth-order valence-electron chi connectivity index (χ4n) is 1.41. The van der Waals surface area contributed by atoms with Gasteiger partial charge in [0, 0.05) is 24.7 Å². The van der Waals surface area contributed by atoms with Gasteiger partial charge in [0.2, 0.25) is 0 Å². The molecule has 80 valence electrons. The average Bonchev–Trinajstić information content (AvgIpc) is 2.71. The summed E-state index contributed by atoms with van der Waals surface area (Å²) in [5.74, 6) is 0.